The number of carbonyl (C=O) groups excluding carboxylic acids is 2. The van der Waals surface area contributed by atoms with Crippen LogP contribution in [0.15, 0.2) is 128 Å². The molecule has 1 aromatic heterocycles. The van der Waals surface area contributed by atoms with E-state index >= 15 is 0 Å². The third-order valence-corrected chi connectivity index (χ3v) is 7.76. The molecular weight excluding hydrogens is 482 g/mol. The van der Waals surface area contributed by atoms with E-state index < -0.39 is 5.54 Å². The average molecular weight is 512 g/mol. The number of benzene rings is 4. The zero-order valence-electron chi connectivity index (χ0n) is 21.8. The van der Waals surface area contributed by atoms with Gasteiger partial charge in [0, 0.05) is 18.7 Å². The predicted octanol–water partition coefficient (Wildman–Crippen LogP) is 6.51. The van der Waals surface area contributed by atoms with Crippen molar-refractivity contribution in [3.05, 3.63) is 161 Å². The van der Waals surface area contributed by atoms with Gasteiger partial charge in [-0.25, -0.2) is 4.98 Å². The molecule has 1 atom stereocenters. The normalized spacial score (nSPS) is 13.9. The van der Waals surface area contributed by atoms with Gasteiger partial charge in [-0.1, -0.05) is 110 Å². The van der Waals surface area contributed by atoms with E-state index in [1.807, 2.05) is 24.5 Å². The summed E-state index contributed by atoms with van der Waals surface area (Å²) in [4.78, 5) is 32.4. The summed E-state index contributed by atoms with van der Waals surface area (Å²) >= 11 is 0. The molecule has 0 spiro atoms. The zero-order valence-corrected chi connectivity index (χ0v) is 21.8. The molecule has 2 heterocycles. The Balaban J connectivity index is 1.45. The molecule has 0 aliphatic carbocycles. The fourth-order valence-corrected chi connectivity index (χ4v) is 5.77. The second-order valence-corrected chi connectivity index (χ2v) is 9.89. The molecule has 5 heteroatoms. The quantitative estimate of drug-likeness (QED) is 0.176. The van der Waals surface area contributed by atoms with E-state index in [2.05, 4.69) is 90.5 Å². The second kappa shape index (κ2) is 10.2. The van der Waals surface area contributed by atoms with Gasteiger partial charge in [-0.05, 0) is 35.2 Å². The molecule has 1 aliphatic heterocycles. The van der Waals surface area contributed by atoms with Crippen molar-refractivity contribution < 1.29 is 9.59 Å². The Labute approximate surface area is 228 Å². The summed E-state index contributed by atoms with van der Waals surface area (Å²) in [6, 6.07) is 38.4. The van der Waals surface area contributed by atoms with E-state index in [0.29, 0.717) is 11.1 Å². The molecule has 192 valence electrons. The Hall–Kier alpha value is -4.77. The van der Waals surface area contributed by atoms with Crippen LogP contribution in [0.25, 0.3) is 0 Å². The van der Waals surface area contributed by atoms with Crippen molar-refractivity contribution in [1.82, 2.24) is 14.5 Å². The van der Waals surface area contributed by atoms with Crippen molar-refractivity contribution in [2.45, 2.75) is 24.8 Å². The van der Waals surface area contributed by atoms with Crippen molar-refractivity contribution in [3.8, 4) is 0 Å². The number of aromatic nitrogens is 2. The van der Waals surface area contributed by atoms with E-state index in [9.17, 15) is 9.59 Å². The number of amides is 2. The number of imide groups is 1. The highest BCUT2D eigenvalue weighted by Crippen LogP contribution is 2.41. The van der Waals surface area contributed by atoms with Gasteiger partial charge < -0.3 is 4.57 Å². The van der Waals surface area contributed by atoms with Crippen molar-refractivity contribution in [2.24, 2.45) is 0 Å². The summed E-state index contributed by atoms with van der Waals surface area (Å²) in [5.74, 6) is -0.574. The van der Waals surface area contributed by atoms with Crippen LogP contribution in [-0.4, -0.2) is 32.8 Å². The van der Waals surface area contributed by atoms with Crippen LogP contribution in [0.5, 0.6) is 0 Å². The zero-order chi connectivity index (χ0) is 26.8. The molecule has 6 rings (SSSR count). The van der Waals surface area contributed by atoms with Gasteiger partial charge in [0.25, 0.3) is 11.8 Å². The number of rotatable bonds is 8. The Morgan fingerprint density at radius 1 is 0.667 bits per heavy atom. The van der Waals surface area contributed by atoms with Gasteiger partial charge in [-0.15, -0.1) is 0 Å². The number of carbonyl (C=O) groups is 2. The van der Waals surface area contributed by atoms with Crippen LogP contribution in [0, 0.1) is 0 Å². The molecule has 5 nitrogen and oxygen atoms in total. The molecule has 4 aromatic carbocycles. The van der Waals surface area contributed by atoms with Gasteiger partial charge in [-0.3, -0.25) is 14.5 Å². The highest BCUT2D eigenvalue weighted by atomic mass is 16.2. The van der Waals surface area contributed by atoms with Gasteiger partial charge in [0.15, 0.2) is 0 Å². The largest absolute Gasteiger partial charge is 0.319 e. The monoisotopic (exact) mass is 511 g/mol. The first-order valence-electron chi connectivity index (χ1n) is 13.3. The molecule has 0 fully saturated rings. The third kappa shape index (κ3) is 4.07. The van der Waals surface area contributed by atoms with Crippen molar-refractivity contribution in [2.75, 3.05) is 6.54 Å². The summed E-state index contributed by atoms with van der Waals surface area (Å²) < 4.78 is 2.17. The number of hydrogen-bond acceptors (Lipinski definition) is 3. The maximum atomic E-state index is 13.1. The van der Waals surface area contributed by atoms with E-state index in [1.54, 1.807) is 24.3 Å². The SMILES string of the molecule is CCC(CN1C(=O)c2ccccc2C1=O)c1cn(C(c2ccccc2)(c2ccccc2)c2ccccc2)cn1. The molecular formula is C34H29N3O2. The van der Waals surface area contributed by atoms with Crippen LogP contribution < -0.4 is 0 Å². The molecule has 1 unspecified atom stereocenters. The van der Waals surface area contributed by atoms with E-state index in [-0.39, 0.29) is 24.3 Å². The van der Waals surface area contributed by atoms with Crippen LogP contribution >= 0.6 is 0 Å². The fourth-order valence-electron chi connectivity index (χ4n) is 5.77. The summed E-state index contributed by atoms with van der Waals surface area (Å²) in [7, 11) is 0. The summed E-state index contributed by atoms with van der Waals surface area (Å²) in [5, 5.41) is 0. The number of hydrogen-bond donors (Lipinski definition) is 0. The standard InChI is InChI=1S/C34H29N3O2/c1-2-25(22-37-32(38)29-20-12-13-21-30(29)33(37)39)31-23-36(24-35-31)34(26-14-6-3-7-15-26,27-16-8-4-9-17-27)28-18-10-5-11-19-28/h3-21,23-25H,2,22H2,1H3. The maximum absolute atomic E-state index is 13.1. The Bertz CT molecular complexity index is 1480. The van der Waals surface area contributed by atoms with Crippen LogP contribution in [0.3, 0.4) is 0 Å². The van der Waals surface area contributed by atoms with E-state index in [0.717, 1.165) is 28.8 Å². The number of nitrogens with zero attached hydrogens (tertiary/aromatic N) is 3. The first-order valence-corrected chi connectivity index (χ1v) is 13.3. The molecule has 2 amide bonds. The van der Waals surface area contributed by atoms with Crippen molar-refractivity contribution in [3.63, 3.8) is 0 Å². The molecule has 39 heavy (non-hydrogen) atoms. The summed E-state index contributed by atoms with van der Waals surface area (Å²) in [5.41, 5.74) is 4.46. The Morgan fingerprint density at radius 3 is 1.54 bits per heavy atom. The molecule has 0 N–H and O–H groups in total. The van der Waals surface area contributed by atoms with Gasteiger partial charge in [0.1, 0.15) is 5.54 Å². The van der Waals surface area contributed by atoms with E-state index in [4.69, 9.17) is 4.98 Å². The van der Waals surface area contributed by atoms with Crippen LogP contribution in [0.2, 0.25) is 0 Å². The molecule has 0 radical (unpaired) electrons. The molecule has 5 aromatic rings. The number of imidazole rings is 1. The molecule has 0 bridgehead atoms. The minimum atomic E-state index is -0.664. The lowest BCUT2D eigenvalue weighted by atomic mass is 9.76. The van der Waals surface area contributed by atoms with E-state index in [1.165, 1.54) is 4.90 Å². The smallest absolute Gasteiger partial charge is 0.261 e. The minimum absolute atomic E-state index is 0.103. The van der Waals surface area contributed by atoms with Crippen molar-refractivity contribution >= 4 is 11.8 Å². The minimum Gasteiger partial charge on any atom is -0.319 e. The van der Waals surface area contributed by atoms with Gasteiger partial charge in [-0.2, -0.15) is 0 Å². The molecule has 0 saturated carbocycles. The fraction of sp³-hybridized carbons (Fsp3) is 0.147. The first-order chi connectivity index (χ1) is 19.1. The highest BCUT2D eigenvalue weighted by molar-refractivity contribution is 6.21. The average Bonchev–Trinajstić information content (AvgIpc) is 3.58. The van der Waals surface area contributed by atoms with Gasteiger partial charge in [0.2, 0.25) is 0 Å². The molecule has 0 saturated heterocycles. The Morgan fingerprint density at radius 2 is 1.10 bits per heavy atom. The van der Waals surface area contributed by atoms with Crippen molar-refractivity contribution in [1.29, 1.82) is 0 Å². The van der Waals surface area contributed by atoms with Crippen LogP contribution in [-0.2, 0) is 5.54 Å². The Kier molecular flexibility index (Phi) is 6.41. The lowest BCUT2D eigenvalue weighted by molar-refractivity contribution is 0.0643. The first kappa shape index (κ1) is 24.6. The maximum Gasteiger partial charge on any atom is 0.261 e. The van der Waals surface area contributed by atoms with Gasteiger partial charge >= 0.3 is 0 Å². The lowest BCUT2D eigenvalue weighted by Gasteiger charge is -2.37. The summed E-state index contributed by atoms with van der Waals surface area (Å²) in [6.45, 7) is 2.36. The summed E-state index contributed by atoms with van der Waals surface area (Å²) in [6.07, 6.45) is 4.70. The third-order valence-electron chi connectivity index (χ3n) is 7.76. The second-order valence-electron chi connectivity index (χ2n) is 9.89. The van der Waals surface area contributed by atoms with Gasteiger partial charge in [0.05, 0.1) is 23.1 Å². The predicted molar refractivity (Wildman–Crippen MR) is 152 cm³/mol. The molecule has 1 aliphatic rings. The van der Waals surface area contributed by atoms with Crippen LogP contribution in [0.4, 0.5) is 0 Å². The lowest BCUT2D eigenvalue weighted by Crippen LogP contribution is -2.37. The van der Waals surface area contributed by atoms with Crippen LogP contribution in [0.1, 0.15) is 62.4 Å². The number of fused-ring (bicyclic) bond motifs is 1. The topological polar surface area (TPSA) is 55.2 Å². The highest BCUT2D eigenvalue weighted by Gasteiger charge is 2.40.